The molecule has 0 spiro atoms. The second-order valence-electron chi connectivity index (χ2n) is 6.87. The van der Waals surface area contributed by atoms with E-state index in [0.717, 1.165) is 44.5 Å². The topological polar surface area (TPSA) is 58.6 Å². The summed E-state index contributed by atoms with van der Waals surface area (Å²) in [7, 11) is 1.68. The Kier molecular flexibility index (Phi) is 6.87. The second-order valence-corrected chi connectivity index (χ2v) is 7.82. The summed E-state index contributed by atoms with van der Waals surface area (Å²) in [5.74, 6) is 1.37. The number of thiophene rings is 1. The highest BCUT2D eigenvalue weighted by Gasteiger charge is 2.23. The van der Waals surface area contributed by atoms with Crippen molar-refractivity contribution in [2.45, 2.75) is 25.7 Å². The van der Waals surface area contributed by atoms with Gasteiger partial charge < -0.3 is 15.0 Å². The third-order valence-electron chi connectivity index (χ3n) is 5.11. The van der Waals surface area contributed by atoms with Gasteiger partial charge in [-0.15, -0.1) is 11.3 Å². The summed E-state index contributed by atoms with van der Waals surface area (Å²) in [5.41, 5.74) is 1.32. The van der Waals surface area contributed by atoms with Crippen LogP contribution in [-0.2, 0) is 11.2 Å². The summed E-state index contributed by atoms with van der Waals surface area (Å²) >= 11 is 1.38. The third-order valence-corrected chi connectivity index (χ3v) is 5.98. The number of benzene rings is 1. The van der Waals surface area contributed by atoms with Crippen LogP contribution in [0.15, 0.2) is 41.8 Å². The van der Waals surface area contributed by atoms with Gasteiger partial charge in [-0.1, -0.05) is 18.2 Å². The van der Waals surface area contributed by atoms with Gasteiger partial charge in [0.15, 0.2) is 0 Å². The maximum atomic E-state index is 12.3. The molecule has 1 aliphatic rings. The van der Waals surface area contributed by atoms with E-state index in [0.29, 0.717) is 10.8 Å². The summed E-state index contributed by atoms with van der Waals surface area (Å²) in [4.78, 5) is 26.8. The number of nitrogens with one attached hydrogen (secondary N) is 1. The number of nitrogens with zero attached hydrogens (tertiary/aromatic N) is 1. The number of hydrogen-bond donors (Lipinski definition) is 1. The van der Waals surface area contributed by atoms with E-state index >= 15 is 0 Å². The van der Waals surface area contributed by atoms with Crippen LogP contribution in [0.5, 0.6) is 5.75 Å². The molecule has 1 aliphatic heterocycles. The van der Waals surface area contributed by atoms with E-state index in [-0.39, 0.29) is 18.4 Å². The zero-order chi connectivity index (χ0) is 19.1. The Balaban J connectivity index is 1.36. The number of rotatable bonds is 7. The molecule has 2 aromatic rings. The van der Waals surface area contributed by atoms with Gasteiger partial charge in [0, 0.05) is 13.1 Å². The largest absolute Gasteiger partial charge is 0.497 e. The molecule has 3 rings (SSSR count). The summed E-state index contributed by atoms with van der Waals surface area (Å²) in [5, 5.41) is 4.57. The van der Waals surface area contributed by atoms with Gasteiger partial charge in [-0.05, 0) is 60.7 Å². The molecular weight excluding hydrogens is 360 g/mol. The Morgan fingerprint density at radius 3 is 2.56 bits per heavy atom. The van der Waals surface area contributed by atoms with Gasteiger partial charge in [0.25, 0.3) is 5.91 Å². The monoisotopic (exact) mass is 386 g/mol. The average Bonchev–Trinajstić information content (AvgIpc) is 3.26. The molecule has 1 aromatic carbocycles. The summed E-state index contributed by atoms with van der Waals surface area (Å²) in [6.45, 7) is 1.63. The second kappa shape index (κ2) is 9.55. The van der Waals surface area contributed by atoms with Crippen molar-refractivity contribution in [2.75, 3.05) is 26.7 Å². The zero-order valence-electron chi connectivity index (χ0n) is 15.6. The minimum absolute atomic E-state index is 0.00788. The number of carbonyl (C=O) groups excluding carboxylic acids is 2. The van der Waals surface area contributed by atoms with Crippen molar-refractivity contribution in [1.82, 2.24) is 10.2 Å². The Morgan fingerprint density at radius 1 is 1.19 bits per heavy atom. The van der Waals surface area contributed by atoms with E-state index in [9.17, 15) is 9.59 Å². The lowest BCUT2D eigenvalue weighted by Crippen LogP contribution is -2.44. The number of carbonyl (C=O) groups is 2. The first-order valence-corrected chi connectivity index (χ1v) is 10.3. The van der Waals surface area contributed by atoms with Crippen molar-refractivity contribution in [1.29, 1.82) is 0 Å². The molecule has 27 heavy (non-hydrogen) atoms. The molecule has 1 aromatic heterocycles. The fourth-order valence-electron chi connectivity index (χ4n) is 3.40. The van der Waals surface area contributed by atoms with Crippen LogP contribution in [0.25, 0.3) is 0 Å². The van der Waals surface area contributed by atoms with Gasteiger partial charge in [0.2, 0.25) is 5.91 Å². The predicted molar refractivity (Wildman–Crippen MR) is 107 cm³/mol. The van der Waals surface area contributed by atoms with E-state index in [1.54, 1.807) is 13.2 Å². The van der Waals surface area contributed by atoms with Crippen LogP contribution < -0.4 is 10.1 Å². The van der Waals surface area contributed by atoms with Crippen LogP contribution in [0, 0.1) is 5.92 Å². The van der Waals surface area contributed by atoms with Gasteiger partial charge in [0.1, 0.15) is 5.75 Å². The van der Waals surface area contributed by atoms with Crippen LogP contribution >= 0.6 is 11.3 Å². The van der Waals surface area contributed by atoms with Crippen LogP contribution in [0.3, 0.4) is 0 Å². The Hall–Kier alpha value is -2.34. The standard InChI is InChI=1S/C21H26N2O3S/c1-26-18-8-6-16(7-9-18)4-5-17-10-12-23(13-11-17)20(24)15-22-21(25)19-3-2-14-27-19/h2-3,6-9,14,17H,4-5,10-13,15H2,1H3,(H,22,25). The van der Waals surface area contributed by atoms with Crippen LogP contribution in [-0.4, -0.2) is 43.5 Å². The molecule has 1 N–H and O–H groups in total. The maximum Gasteiger partial charge on any atom is 0.261 e. The van der Waals surface area contributed by atoms with Crippen LogP contribution in [0.2, 0.25) is 0 Å². The van der Waals surface area contributed by atoms with E-state index < -0.39 is 0 Å². The summed E-state index contributed by atoms with van der Waals surface area (Å²) in [6.07, 6.45) is 4.25. The number of aryl methyl sites for hydroxylation is 1. The first-order valence-electron chi connectivity index (χ1n) is 9.38. The van der Waals surface area contributed by atoms with Crippen LogP contribution in [0.1, 0.15) is 34.5 Å². The molecule has 144 valence electrons. The lowest BCUT2D eigenvalue weighted by Gasteiger charge is -2.32. The highest BCUT2D eigenvalue weighted by molar-refractivity contribution is 7.12. The predicted octanol–water partition coefficient (Wildman–Crippen LogP) is 3.36. The van der Waals surface area contributed by atoms with Gasteiger partial charge >= 0.3 is 0 Å². The number of likely N-dealkylation sites (tertiary alicyclic amines) is 1. The number of methoxy groups -OCH3 is 1. The molecule has 0 aliphatic carbocycles. The van der Waals surface area contributed by atoms with E-state index in [1.165, 1.54) is 16.9 Å². The Labute approximate surface area is 164 Å². The van der Waals surface area contributed by atoms with Crippen molar-refractivity contribution in [3.05, 3.63) is 52.2 Å². The molecule has 0 saturated carbocycles. The van der Waals surface area contributed by atoms with Crippen molar-refractivity contribution < 1.29 is 14.3 Å². The van der Waals surface area contributed by atoms with E-state index in [2.05, 4.69) is 17.4 Å². The van der Waals surface area contributed by atoms with Gasteiger partial charge in [-0.3, -0.25) is 9.59 Å². The number of ether oxygens (including phenoxy) is 1. The fraction of sp³-hybridized carbons (Fsp3) is 0.429. The molecule has 0 radical (unpaired) electrons. The van der Waals surface area contributed by atoms with Crippen molar-refractivity contribution in [3.8, 4) is 5.75 Å². The SMILES string of the molecule is COc1ccc(CCC2CCN(C(=O)CNC(=O)c3cccs3)CC2)cc1. The molecule has 0 atom stereocenters. The van der Waals surface area contributed by atoms with Gasteiger partial charge in [-0.2, -0.15) is 0 Å². The highest BCUT2D eigenvalue weighted by atomic mass is 32.1. The molecule has 2 amide bonds. The molecule has 6 heteroatoms. The first-order chi connectivity index (χ1) is 13.2. The third kappa shape index (κ3) is 5.57. The molecule has 1 saturated heterocycles. The number of hydrogen-bond acceptors (Lipinski definition) is 4. The smallest absolute Gasteiger partial charge is 0.261 e. The maximum absolute atomic E-state index is 12.3. The average molecular weight is 387 g/mol. The molecule has 1 fully saturated rings. The lowest BCUT2D eigenvalue weighted by molar-refractivity contribution is -0.131. The van der Waals surface area contributed by atoms with Crippen molar-refractivity contribution >= 4 is 23.2 Å². The first kappa shape index (κ1) is 19.4. The van der Waals surface area contributed by atoms with Gasteiger partial charge in [-0.25, -0.2) is 0 Å². The molecule has 0 unspecified atom stereocenters. The van der Waals surface area contributed by atoms with Crippen molar-refractivity contribution in [2.24, 2.45) is 5.92 Å². The van der Waals surface area contributed by atoms with E-state index in [1.807, 2.05) is 28.5 Å². The Bertz CT molecular complexity index is 735. The highest BCUT2D eigenvalue weighted by Crippen LogP contribution is 2.23. The summed E-state index contributed by atoms with van der Waals surface area (Å²) in [6, 6.07) is 11.8. The molecule has 2 heterocycles. The molecule has 5 nitrogen and oxygen atoms in total. The quantitative estimate of drug-likeness (QED) is 0.794. The van der Waals surface area contributed by atoms with Crippen LogP contribution in [0.4, 0.5) is 0 Å². The summed E-state index contributed by atoms with van der Waals surface area (Å²) < 4.78 is 5.19. The number of amides is 2. The molecule has 0 bridgehead atoms. The molecular formula is C21H26N2O3S. The Morgan fingerprint density at radius 2 is 1.93 bits per heavy atom. The lowest BCUT2D eigenvalue weighted by atomic mass is 9.90. The fourth-order valence-corrected chi connectivity index (χ4v) is 4.04. The zero-order valence-corrected chi connectivity index (χ0v) is 16.5. The normalized spacial score (nSPS) is 14.8. The number of piperidine rings is 1. The minimum Gasteiger partial charge on any atom is -0.497 e. The van der Waals surface area contributed by atoms with E-state index in [4.69, 9.17) is 4.74 Å². The van der Waals surface area contributed by atoms with Gasteiger partial charge in [0.05, 0.1) is 18.5 Å². The minimum atomic E-state index is -0.173. The van der Waals surface area contributed by atoms with Crippen molar-refractivity contribution in [3.63, 3.8) is 0 Å².